The minimum atomic E-state index is -4.41. The standard InChI is InChI=1S/C8H15F3N2O2/c1-2-15-5-7(14)13(4-3-12)6-8(9,10)11/h2-6,12H2,1H3. The van der Waals surface area contributed by atoms with Crippen LogP contribution in [-0.4, -0.2) is 49.8 Å². The van der Waals surface area contributed by atoms with E-state index in [1.165, 1.54) is 0 Å². The van der Waals surface area contributed by atoms with Crippen molar-refractivity contribution in [1.29, 1.82) is 0 Å². The Morgan fingerprint density at radius 3 is 2.47 bits per heavy atom. The van der Waals surface area contributed by atoms with Crippen LogP contribution in [0.2, 0.25) is 0 Å². The van der Waals surface area contributed by atoms with Crippen LogP contribution in [0, 0.1) is 0 Å². The highest BCUT2D eigenvalue weighted by Crippen LogP contribution is 2.16. The van der Waals surface area contributed by atoms with Gasteiger partial charge in [-0.05, 0) is 6.92 Å². The highest BCUT2D eigenvalue weighted by molar-refractivity contribution is 5.77. The monoisotopic (exact) mass is 228 g/mol. The maximum atomic E-state index is 12.0. The molecule has 0 spiro atoms. The van der Waals surface area contributed by atoms with Crippen molar-refractivity contribution in [2.45, 2.75) is 13.1 Å². The fourth-order valence-corrected chi connectivity index (χ4v) is 0.945. The van der Waals surface area contributed by atoms with E-state index < -0.39 is 18.6 Å². The Morgan fingerprint density at radius 2 is 2.07 bits per heavy atom. The smallest absolute Gasteiger partial charge is 0.372 e. The van der Waals surface area contributed by atoms with E-state index >= 15 is 0 Å². The number of halogens is 3. The summed E-state index contributed by atoms with van der Waals surface area (Å²) in [5, 5.41) is 0. The lowest BCUT2D eigenvalue weighted by Crippen LogP contribution is -2.43. The maximum Gasteiger partial charge on any atom is 0.406 e. The quantitative estimate of drug-likeness (QED) is 0.714. The number of hydrogen-bond donors (Lipinski definition) is 1. The average molecular weight is 228 g/mol. The zero-order valence-corrected chi connectivity index (χ0v) is 8.51. The summed E-state index contributed by atoms with van der Waals surface area (Å²) in [6.07, 6.45) is -4.41. The predicted octanol–water partition coefficient (Wildman–Crippen LogP) is 0.372. The molecular weight excluding hydrogens is 213 g/mol. The van der Waals surface area contributed by atoms with Crippen molar-refractivity contribution in [3.05, 3.63) is 0 Å². The van der Waals surface area contributed by atoms with E-state index in [1.54, 1.807) is 6.92 Å². The van der Waals surface area contributed by atoms with Crippen molar-refractivity contribution in [3.63, 3.8) is 0 Å². The van der Waals surface area contributed by atoms with Gasteiger partial charge >= 0.3 is 6.18 Å². The first-order valence-electron chi connectivity index (χ1n) is 4.53. The molecular formula is C8H15F3N2O2. The van der Waals surface area contributed by atoms with Gasteiger partial charge in [0.05, 0.1) is 0 Å². The van der Waals surface area contributed by atoms with Gasteiger partial charge in [-0.1, -0.05) is 0 Å². The number of hydrogen-bond acceptors (Lipinski definition) is 3. The molecule has 0 aromatic heterocycles. The molecule has 0 saturated heterocycles. The zero-order valence-electron chi connectivity index (χ0n) is 8.51. The lowest BCUT2D eigenvalue weighted by molar-refractivity contribution is -0.163. The van der Waals surface area contributed by atoms with E-state index in [1.807, 2.05) is 0 Å². The second kappa shape index (κ2) is 6.62. The van der Waals surface area contributed by atoms with Gasteiger partial charge in [-0.15, -0.1) is 0 Å². The van der Waals surface area contributed by atoms with Crippen molar-refractivity contribution in [1.82, 2.24) is 4.90 Å². The molecule has 0 atom stereocenters. The number of carbonyl (C=O) groups excluding carboxylic acids is 1. The summed E-state index contributed by atoms with van der Waals surface area (Å²) in [6, 6.07) is 0. The van der Waals surface area contributed by atoms with E-state index in [0.717, 1.165) is 0 Å². The van der Waals surface area contributed by atoms with Crippen LogP contribution in [0.25, 0.3) is 0 Å². The van der Waals surface area contributed by atoms with Crippen molar-refractivity contribution in [2.24, 2.45) is 5.73 Å². The zero-order chi connectivity index (χ0) is 11.9. The molecule has 90 valence electrons. The molecule has 0 aromatic carbocycles. The molecule has 0 aliphatic heterocycles. The first-order chi connectivity index (χ1) is 6.90. The molecule has 4 nitrogen and oxygen atoms in total. The van der Waals surface area contributed by atoms with E-state index in [4.69, 9.17) is 10.5 Å². The fourth-order valence-electron chi connectivity index (χ4n) is 0.945. The molecule has 0 rings (SSSR count). The van der Waals surface area contributed by atoms with Gasteiger partial charge in [-0.3, -0.25) is 4.79 Å². The Bertz CT molecular complexity index is 197. The highest BCUT2D eigenvalue weighted by atomic mass is 19.4. The molecule has 15 heavy (non-hydrogen) atoms. The van der Waals surface area contributed by atoms with E-state index in [0.29, 0.717) is 4.90 Å². The molecule has 0 saturated carbocycles. The summed E-state index contributed by atoms with van der Waals surface area (Å²) >= 11 is 0. The summed E-state index contributed by atoms with van der Waals surface area (Å²) in [5.41, 5.74) is 5.11. The Hall–Kier alpha value is -0.820. The van der Waals surface area contributed by atoms with Crippen LogP contribution >= 0.6 is 0 Å². The minimum Gasteiger partial charge on any atom is -0.372 e. The van der Waals surface area contributed by atoms with Crippen LogP contribution in [0.15, 0.2) is 0 Å². The Morgan fingerprint density at radius 1 is 1.47 bits per heavy atom. The molecule has 0 aliphatic rings. The number of nitrogens with two attached hydrogens (primary N) is 1. The van der Waals surface area contributed by atoms with Gasteiger partial charge in [0.25, 0.3) is 0 Å². The molecule has 2 N–H and O–H groups in total. The molecule has 0 aliphatic carbocycles. The normalized spacial score (nSPS) is 11.5. The largest absolute Gasteiger partial charge is 0.406 e. The van der Waals surface area contributed by atoms with Gasteiger partial charge in [0.15, 0.2) is 0 Å². The number of carbonyl (C=O) groups is 1. The molecule has 0 radical (unpaired) electrons. The molecule has 0 heterocycles. The van der Waals surface area contributed by atoms with E-state index in [2.05, 4.69) is 0 Å². The fraction of sp³-hybridized carbons (Fsp3) is 0.875. The van der Waals surface area contributed by atoms with Crippen LogP contribution in [0.3, 0.4) is 0 Å². The van der Waals surface area contributed by atoms with E-state index in [-0.39, 0.29) is 26.3 Å². The van der Waals surface area contributed by atoms with Gasteiger partial charge in [-0.2, -0.15) is 13.2 Å². The van der Waals surface area contributed by atoms with E-state index in [9.17, 15) is 18.0 Å². The first-order valence-corrected chi connectivity index (χ1v) is 4.53. The molecule has 0 unspecified atom stereocenters. The molecule has 0 aromatic rings. The third-order valence-corrected chi connectivity index (χ3v) is 1.55. The Labute approximate surface area is 86.2 Å². The van der Waals surface area contributed by atoms with Gasteiger partial charge in [-0.25, -0.2) is 0 Å². The van der Waals surface area contributed by atoms with Gasteiger partial charge in [0.1, 0.15) is 13.2 Å². The lowest BCUT2D eigenvalue weighted by atomic mass is 10.4. The summed E-state index contributed by atoms with van der Waals surface area (Å²) in [5.74, 6) is -0.695. The number of nitrogens with zero attached hydrogens (tertiary/aromatic N) is 1. The Balaban J connectivity index is 4.18. The van der Waals surface area contributed by atoms with Crippen LogP contribution < -0.4 is 5.73 Å². The van der Waals surface area contributed by atoms with Crippen LogP contribution in [0.5, 0.6) is 0 Å². The molecule has 0 fully saturated rings. The predicted molar refractivity (Wildman–Crippen MR) is 48.2 cm³/mol. The maximum absolute atomic E-state index is 12.0. The van der Waals surface area contributed by atoms with Gasteiger partial charge in [0.2, 0.25) is 5.91 Å². The highest BCUT2D eigenvalue weighted by Gasteiger charge is 2.32. The summed E-state index contributed by atoms with van der Waals surface area (Å²) in [4.78, 5) is 11.9. The van der Waals surface area contributed by atoms with Crippen LogP contribution in [0.4, 0.5) is 13.2 Å². The summed E-state index contributed by atoms with van der Waals surface area (Å²) < 4.78 is 40.8. The first kappa shape index (κ1) is 14.2. The van der Waals surface area contributed by atoms with Crippen molar-refractivity contribution in [2.75, 3.05) is 32.8 Å². The lowest BCUT2D eigenvalue weighted by Gasteiger charge is -2.23. The van der Waals surface area contributed by atoms with Crippen molar-refractivity contribution in [3.8, 4) is 0 Å². The minimum absolute atomic E-state index is 0.00601. The summed E-state index contributed by atoms with van der Waals surface area (Å²) in [7, 11) is 0. The second-order valence-corrected chi connectivity index (χ2v) is 2.86. The van der Waals surface area contributed by atoms with Crippen LogP contribution in [0.1, 0.15) is 6.92 Å². The number of alkyl halides is 3. The number of amides is 1. The SMILES string of the molecule is CCOCC(=O)N(CCN)CC(F)(F)F. The van der Waals surface area contributed by atoms with Crippen LogP contribution in [-0.2, 0) is 9.53 Å². The Kier molecular flexibility index (Phi) is 6.26. The third kappa shape index (κ3) is 7.15. The molecule has 1 amide bonds. The number of ether oxygens (including phenoxy) is 1. The second-order valence-electron chi connectivity index (χ2n) is 2.86. The van der Waals surface area contributed by atoms with Gasteiger partial charge < -0.3 is 15.4 Å². The third-order valence-electron chi connectivity index (χ3n) is 1.55. The molecule has 0 bridgehead atoms. The molecule has 7 heteroatoms. The number of rotatable bonds is 6. The van der Waals surface area contributed by atoms with Crippen molar-refractivity contribution < 1.29 is 22.7 Å². The van der Waals surface area contributed by atoms with Gasteiger partial charge in [0, 0.05) is 19.7 Å². The van der Waals surface area contributed by atoms with Crippen molar-refractivity contribution >= 4 is 5.91 Å². The average Bonchev–Trinajstić information content (AvgIpc) is 2.11. The summed E-state index contributed by atoms with van der Waals surface area (Å²) in [6.45, 7) is 0.195. The topological polar surface area (TPSA) is 55.6 Å².